The third-order valence-electron chi connectivity index (χ3n) is 4.30. The van der Waals surface area contributed by atoms with Gasteiger partial charge in [0.1, 0.15) is 0 Å². The van der Waals surface area contributed by atoms with Crippen molar-refractivity contribution in [2.45, 2.75) is 6.92 Å². The molecule has 0 saturated heterocycles. The van der Waals surface area contributed by atoms with Gasteiger partial charge in [-0.2, -0.15) is 0 Å². The molecule has 4 aromatic rings. The molecule has 0 radical (unpaired) electrons. The molecule has 25 heavy (non-hydrogen) atoms. The van der Waals surface area contributed by atoms with Crippen LogP contribution in [0.15, 0.2) is 89.7 Å². The van der Waals surface area contributed by atoms with E-state index in [9.17, 15) is 4.79 Å². The molecule has 122 valence electrons. The van der Waals surface area contributed by atoms with Crippen molar-refractivity contribution < 1.29 is 0 Å². The van der Waals surface area contributed by atoms with E-state index >= 15 is 0 Å². The second-order valence-electron chi connectivity index (χ2n) is 6.06. The van der Waals surface area contributed by atoms with Crippen molar-refractivity contribution in [3.05, 3.63) is 101 Å². The fourth-order valence-electron chi connectivity index (χ4n) is 3.06. The lowest BCUT2D eigenvalue weighted by molar-refractivity contribution is 0.992. The second-order valence-corrected chi connectivity index (χ2v) is 6.06. The third kappa shape index (κ3) is 2.81. The van der Waals surface area contributed by atoms with E-state index in [-0.39, 0.29) is 5.69 Å². The number of benzene rings is 3. The van der Waals surface area contributed by atoms with Gasteiger partial charge in [-0.25, -0.2) is 4.79 Å². The number of H-pyrrole nitrogens is 1. The molecule has 0 aliphatic heterocycles. The largest absolute Gasteiger partial charge is 0.331 e. The van der Waals surface area contributed by atoms with E-state index in [0.717, 1.165) is 33.8 Å². The lowest BCUT2D eigenvalue weighted by atomic mass is 10.0. The number of nitrogens with zero attached hydrogens (tertiary/aromatic N) is 1. The molecule has 3 aromatic carbocycles. The zero-order valence-electron chi connectivity index (χ0n) is 13.9. The molecule has 0 spiro atoms. The standard InChI is InChI=1S/C22H18N2O/c1-16-12-14-19(15-13-16)24-21(18-10-6-3-7-11-18)20(23-22(24)25)17-8-4-2-5-9-17/h2-15H,1H3,(H,23,25). The summed E-state index contributed by atoms with van der Waals surface area (Å²) in [4.78, 5) is 15.8. The zero-order chi connectivity index (χ0) is 17.2. The fraction of sp³-hybridized carbons (Fsp3) is 0.0455. The van der Waals surface area contributed by atoms with E-state index in [1.54, 1.807) is 4.57 Å². The van der Waals surface area contributed by atoms with E-state index in [0.29, 0.717) is 0 Å². The first kappa shape index (κ1) is 15.2. The Balaban J connectivity index is 2.03. The number of hydrogen-bond acceptors (Lipinski definition) is 1. The van der Waals surface area contributed by atoms with Crippen molar-refractivity contribution in [3.8, 4) is 28.2 Å². The Morgan fingerprint density at radius 3 is 1.88 bits per heavy atom. The van der Waals surface area contributed by atoms with Crippen LogP contribution in [-0.4, -0.2) is 9.55 Å². The third-order valence-corrected chi connectivity index (χ3v) is 4.30. The summed E-state index contributed by atoms with van der Waals surface area (Å²) in [5.41, 5.74) is 5.58. The maximum Gasteiger partial charge on any atom is 0.331 e. The Bertz CT molecular complexity index is 1040. The normalized spacial score (nSPS) is 10.8. The number of rotatable bonds is 3. The van der Waals surface area contributed by atoms with Crippen LogP contribution >= 0.6 is 0 Å². The highest BCUT2D eigenvalue weighted by Gasteiger charge is 2.18. The molecule has 0 saturated carbocycles. The maximum absolute atomic E-state index is 12.8. The molecule has 3 nitrogen and oxygen atoms in total. The van der Waals surface area contributed by atoms with Gasteiger partial charge in [0.2, 0.25) is 0 Å². The number of nitrogens with one attached hydrogen (secondary N) is 1. The number of aryl methyl sites for hydroxylation is 1. The summed E-state index contributed by atoms with van der Waals surface area (Å²) in [6.45, 7) is 2.04. The van der Waals surface area contributed by atoms with Crippen LogP contribution in [-0.2, 0) is 0 Å². The Morgan fingerprint density at radius 2 is 1.28 bits per heavy atom. The number of aromatic amines is 1. The average Bonchev–Trinajstić information content (AvgIpc) is 3.01. The van der Waals surface area contributed by atoms with Gasteiger partial charge >= 0.3 is 5.69 Å². The highest BCUT2D eigenvalue weighted by atomic mass is 16.1. The fourth-order valence-corrected chi connectivity index (χ4v) is 3.06. The minimum absolute atomic E-state index is 0.137. The molecule has 1 heterocycles. The molecule has 0 unspecified atom stereocenters. The van der Waals surface area contributed by atoms with Gasteiger partial charge in [0.15, 0.2) is 0 Å². The highest BCUT2D eigenvalue weighted by Crippen LogP contribution is 2.31. The molecule has 0 amide bonds. The van der Waals surface area contributed by atoms with Gasteiger partial charge < -0.3 is 4.98 Å². The summed E-state index contributed by atoms with van der Waals surface area (Å²) in [5.74, 6) is 0. The van der Waals surface area contributed by atoms with Gasteiger partial charge in [-0.1, -0.05) is 78.4 Å². The lowest BCUT2D eigenvalue weighted by Gasteiger charge is -2.10. The van der Waals surface area contributed by atoms with Crippen molar-refractivity contribution >= 4 is 0 Å². The minimum atomic E-state index is -0.137. The molecule has 3 heteroatoms. The molecular weight excluding hydrogens is 308 g/mol. The molecule has 0 aliphatic rings. The van der Waals surface area contributed by atoms with E-state index in [4.69, 9.17) is 0 Å². The van der Waals surface area contributed by atoms with E-state index in [2.05, 4.69) is 4.98 Å². The van der Waals surface area contributed by atoms with Gasteiger partial charge in [0, 0.05) is 11.1 Å². The average molecular weight is 326 g/mol. The summed E-state index contributed by atoms with van der Waals surface area (Å²) >= 11 is 0. The summed E-state index contributed by atoms with van der Waals surface area (Å²) in [6, 6.07) is 28.0. The minimum Gasteiger partial charge on any atom is -0.305 e. The Kier molecular flexibility index (Phi) is 3.82. The smallest absolute Gasteiger partial charge is 0.305 e. The van der Waals surface area contributed by atoms with Crippen LogP contribution in [0.3, 0.4) is 0 Å². The van der Waals surface area contributed by atoms with Crippen molar-refractivity contribution in [2.24, 2.45) is 0 Å². The Hall–Kier alpha value is -3.33. The van der Waals surface area contributed by atoms with Crippen LogP contribution in [0.25, 0.3) is 28.2 Å². The zero-order valence-corrected chi connectivity index (χ0v) is 13.9. The molecule has 0 fully saturated rings. The Morgan fingerprint density at radius 1 is 0.720 bits per heavy atom. The van der Waals surface area contributed by atoms with Gasteiger partial charge in [0.25, 0.3) is 0 Å². The molecule has 4 rings (SSSR count). The predicted molar refractivity (Wildman–Crippen MR) is 102 cm³/mol. The number of aromatic nitrogens is 2. The van der Waals surface area contributed by atoms with Crippen LogP contribution in [0.2, 0.25) is 0 Å². The van der Waals surface area contributed by atoms with Gasteiger partial charge in [-0.05, 0) is 19.1 Å². The van der Waals surface area contributed by atoms with Crippen molar-refractivity contribution in [3.63, 3.8) is 0 Å². The van der Waals surface area contributed by atoms with Crippen molar-refractivity contribution in [1.82, 2.24) is 9.55 Å². The molecule has 1 N–H and O–H groups in total. The van der Waals surface area contributed by atoms with Crippen LogP contribution in [0.4, 0.5) is 0 Å². The highest BCUT2D eigenvalue weighted by molar-refractivity contribution is 5.79. The SMILES string of the molecule is Cc1ccc(-n2c(-c3ccccc3)c(-c3ccccc3)[nH]c2=O)cc1. The predicted octanol–water partition coefficient (Wildman–Crippen LogP) is 4.81. The topological polar surface area (TPSA) is 37.8 Å². The van der Waals surface area contributed by atoms with E-state index < -0.39 is 0 Å². The van der Waals surface area contributed by atoms with E-state index in [1.165, 1.54) is 0 Å². The first-order valence-electron chi connectivity index (χ1n) is 8.27. The summed E-state index contributed by atoms with van der Waals surface area (Å²) in [7, 11) is 0. The number of hydrogen-bond donors (Lipinski definition) is 1. The number of imidazole rings is 1. The second kappa shape index (κ2) is 6.29. The van der Waals surface area contributed by atoms with Crippen molar-refractivity contribution in [2.75, 3.05) is 0 Å². The van der Waals surface area contributed by atoms with Crippen LogP contribution < -0.4 is 5.69 Å². The summed E-state index contributed by atoms with van der Waals surface area (Å²) < 4.78 is 1.75. The molecule has 0 atom stereocenters. The first-order valence-corrected chi connectivity index (χ1v) is 8.27. The quantitative estimate of drug-likeness (QED) is 0.576. The Labute approximate surface area is 146 Å². The van der Waals surface area contributed by atoms with Crippen LogP contribution in [0, 0.1) is 6.92 Å². The molecule has 1 aromatic heterocycles. The monoisotopic (exact) mass is 326 g/mol. The molecule has 0 bridgehead atoms. The van der Waals surface area contributed by atoms with E-state index in [1.807, 2.05) is 91.9 Å². The molecular formula is C22H18N2O. The maximum atomic E-state index is 12.8. The van der Waals surface area contributed by atoms with Crippen LogP contribution in [0.5, 0.6) is 0 Å². The van der Waals surface area contributed by atoms with Crippen LogP contribution in [0.1, 0.15) is 5.56 Å². The van der Waals surface area contributed by atoms with Gasteiger partial charge in [0.05, 0.1) is 17.1 Å². The molecule has 0 aliphatic carbocycles. The summed E-state index contributed by atoms with van der Waals surface area (Å²) in [5, 5.41) is 0. The first-order chi connectivity index (χ1) is 12.2. The van der Waals surface area contributed by atoms with Crippen molar-refractivity contribution in [1.29, 1.82) is 0 Å². The van der Waals surface area contributed by atoms with Gasteiger partial charge in [-0.3, -0.25) is 4.57 Å². The summed E-state index contributed by atoms with van der Waals surface area (Å²) in [6.07, 6.45) is 0. The van der Waals surface area contributed by atoms with Gasteiger partial charge in [-0.15, -0.1) is 0 Å². The lowest BCUT2D eigenvalue weighted by Crippen LogP contribution is -2.15.